The van der Waals surface area contributed by atoms with E-state index >= 15 is 0 Å². The van der Waals surface area contributed by atoms with E-state index in [0.29, 0.717) is 10.6 Å². The van der Waals surface area contributed by atoms with Gasteiger partial charge in [0, 0.05) is 19.1 Å². The number of benzene rings is 1. The molecule has 7 heteroatoms. The molecule has 0 saturated carbocycles. The number of nitrogens with zero attached hydrogens (tertiary/aromatic N) is 3. The van der Waals surface area contributed by atoms with Gasteiger partial charge in [0.25, 0.3) is 5.91 Å². The monoisotopic (exact) mass is 362 g/mol. The molecule has 6 nitrogen and oxygen atoms in total. The number of likely N-dealkylation sites (N-methyl/N-ethyl adjacent to an activating group) is 1. The number of aromatic nitrogens is 2. The maximum atomic E-state index is 12.6. The number of hydrogen-bond donors (Lipinski definition) is 1. The predicted octanol–water partition coefficient (Wildman–Crippen LogP) is 2.86. The lowest BCUT2D eigenvalue weighted by atomic mass is 10.0. The third-order valence-electron chi connectivity index (χ3n) is 3.83. The van der Waals surface area contributed by atoms with E-state index in [0.717, 1.165) is 11.4 Å². The van der Waals surface area contributed by atoms with Crippen molar-refractivity contribution in [1.82, 2.24) is 20.0 Å². The van der Waals surface area contributed by atoms with Gasteiger partial charge in [-0.15, -0.1) is 0 Å². The molecule has 2 amide bonds. The number of halogens is 1. The highest BCUT2D eigenvalue weighted by molar-refractivity contribution is 6.30. The number of rotatable bonds is 5. The molecule has 0 saturated heterocycles. The van der Waals surface area contributed by atoms with Crippen LogP contribution in [0.3, 0.4) is 0 Å². The first-order chi connectivity index (χ1) is 11.7. The summed E-state index contributed by atoms with van der Waals surface area (Å²) in [5.41, 5.74) is 2.07. The summed E-state index contributed by atoms with van der Waals surface area (Å²) < 4.78 is 1.73. The average Bonchev–Trinajstić information content (AvgIpc) is 2.99. The largest absolute Gasteiger partial charge is 0.347 e. The van der Waals surface area contributed by atoms with E-state index in [2.05, 4.69) is 10.4 Å². The molecule has 2 rings (SSSR count). The molecule has 0 aliphatic rings. The van der Waals surface area contributed by atoms with Crippen molar-refractivity contribution in [1.29, 1.82) is 0 Å². The summed E-state index contributed by atoms with van der Waals surface area (Å²) >= 11 is 5.94. The summed E-state index contributed by atoms with van der Waals surface area (Å²) in [5.74, 6) is -0.407. The predicted molar refractivity (Wildman–Crippen MR) is 98.3 cm³/mol. The lowest BCUT2D eigenvalue weighted by Crippen LogP contribution is -2.44. The molecule has 0 aliphatic carbocycles. The maximum Gasteiger partial charge on any atom is 0.255 e. The number of amides is 2. The van der Waals surface area contributed by atoms with Gasteiger partial charge in [-0.05, 0) is 37.1 Å². The van der Waals surface area contributed by atoms with Crippen LogP contribution in [0.5, 0.6) is 0 Å². The fourth-order valence-corrected chi connectivity index (χ4v) is 2.73. The molecule has 0 radical (unpaired) electrons. The van der Waals surface area contributed by atoms with Gasteiger partial charge in [0.15, 0.2) is 0 Å². The first kappa shape index (κ1) is 19.0. The maximum absolute atomic E-state index is 12.6. The van der Waals surface area contributed by atoms with E-state index in [-0.39, 0.29) is 17.7 Å². The van der Waals surface area contributed by atoms with Gasteiger partial charge in [-0.2, -0.15) is 5.10 Å². The van der Waals surface area contributed by atoms with Crippen molar-refractivity contribution >= 4 is 23.4 Å². The van der Waals surface area contributed by atoms with Gasteiger partial charge in [0.05, 0.1) is 23.1 Å². The average molecular weight is 363 g/mol. The van der Waals surface area contributed by atoms with Crippen molar-refractivity contribution in [2.45, 2.75) is 32.7 Å². The van der Waals surface area contributed by atoms with Gasteiger partial charge < -0.3 is 10.2 Å². The number of carbonyl (C=O) groups excluding carboxylic acids is 2. The summed E-state index contributed by atoms with van der Waals surface area (Å²) in [7, 11) is 3.31. The lowest BCUT2D eigenvalue weighted by Gasteiger charge is -2.18. The van der Waals surface area contributed by atoms with Gasteiger partial charge in [0.2, 0.25) is 5.91 Å². The van der Waals surface area contributed by atoms with Crippen molar-refractivity contribution in [3.8, 4) is 5.69 Å². The Morgan fingerprint density at radius 2 is 1.76 bits per heavy atom. The Bertz CT molecular complexity index is 766. The topological polar surface area (TPSA) is 67.2 Å². The van der Waals surface area contributed by atoms with Crippen LogP contribution in [-0.4, -0.2) is 46.6 Å². The Labute approximate surface area is 152 Å². The van der Waals surface area contributed by atoms with Gasteiger partial charge in [-0.1, -0.05) is 25.4 Å². The fourth-order valence-electron chi connectivity index (χ4n) is 2.60. The molecular formula is C18H23ClN4O2. The van der Waals surface area contributed by atoms with Crippen LogP contribution in [0.1, 0.15) is 42.7 Å². The Hall–Kier alpha value is -2.34. The van der Waals surface area contributed by atoms with Crippen molar-refractivity contribution in [3.05, 3.63) is 46.7 Å². The van der Waals surface area contributed by atoms with Crippen LogP contribution in [0.15, 0.2) is 30.5 Å². The third-order valence-corrected chi connectivity index (χ3v) is 4.08. The first-order valence-corrected chi connectivity index (χ1v) is 8.46. The summed E-state index contributed by atoms with van der Waals surface area (Å²) in [5, 5.41) is 7.74. The lowest BCUT2D eigenvalue weighted by molar-refractivity contribution is -0.130. The summed E-state index contributed by atoms with van der Waals surface area (Å²) in [6.45, 7) is 5.65. The Morgan fingerprint density at radius 1 is 1.16 bits per heavy atom. The Morgan fingerprint density at radius 3 is 2.28 bits per heavy atom. The van der Waals surface area contributed by atoms with Gasteiger partial charge in [0.1, 0.15) is 6.04 Å². The Kier molecular flexibility index (Phi) is 5.85. The molecule has 1 unspecified atom stereocenters. The zero-order valence-electron chi connectivity index (χ0n) is 15.1. The molecule has 0 fully saturated rings. The zero-order chi connectivity index (χ0) is 18.7. The van der Waals surface area contributed by atoms with Crippen LogP contribution in [-0.2, 0) is 4.79 Å². The molecule has 25 heavy (non-hydrogen) atoms. The molecule has 1 heterocycles. The summed E-state index contributed by atoms with van der Waals surface area (Å²) in [6, 6.07) is 6.64. The zero-order valence-corrected chi connectivity index (χ0v) is 15.8. The van der Waals surface area contributed by atoms with Crippen LogP contribution < -0.4 is 5.32 Å². The van der Waals surface area contributed by atoms with Crippen LogP contribution in [0, 0.1) is 0 Å². The van der Waals surface area contributed by atoms with Crippen molar-refractivity contribution in [2.24, 2.45) is 0 Å². The minimum absolute atomic E-state index is 0.0683. The first-order valence-electron chi connectivity index (χ1n) is 8.08. The molecule has 1 aromatic heterocycles. The molecular weight excluding hydrogens is 340 g/mol. The minimum Gasteiger partial charge on any atom is -0.347 e. The van der Waals surface area contributed by atoms with Crippen LogP contribution in [0.2, 0.25) is 5.02 Å². The quantitative estimate of drug-likeness (QED) is 0.889. The second-order valence-corrected chi connectivity index (χ2v) is 6.85. The normalized spacial score (nSPS) is 12.1. The van der Waals surface area contributed by atoms with E-state index in [4.69, 9.17) is 11.6 Å². The molecule has 0 spiro atoms. The number of carbonyl (C=O) groups is 2. The number of nitrogens with one attached hydrogen (secondary N) is 1. The Balaban J connectivity index is 2.34. The highest BCUT2D eigenvalue weighted by Gasteiger charge is 2.24. The van der Waals surface area contributed by atoms with Crippen LogP contribution >= 0.6 is 11.6 Å². The number of hydrogen-bond acceptors (Lipinski definition) is 3. The summed E-state index contributed by atoms with van der Waals surface area (Å²) in [6.07, 6.45) is 1.53. The van der Waals surface area contributed by atoms with Crippen molar-refractivity contribution in [2.75, 3.05) is 14.1 Å². The van der Waals surface area contributed by atoms with Crippen LogP contribution in [0.25, 0.3) is 5.69 Å². The fraction of sp³-hybridized carbons (Fsp3) is 0.389. The van der Waals surface area contributed by atoms with Crippen molar-refractivity contribution in [3.63, 3.8) is 0 Å². The van der Waals surface area contributed by atoms with E-state index in [1.165, 1.54) is 11.1 Å². The molecule has 1 atom stereocenters. The van der Waals surface area contributed by atoms with Crippen molar-refractivity contribution < 1.29 is 9.59 Å². The second-order valence-electron chi connectivity index (χ2n) is 6.41. The molecule has 134 valence electrons. The summed E-state index contributed by atoms with van der Waals surface area (Å²) in [4.78, 5) is 26.1. The highest BCUT2D eigenvalue weighted by Crippen LogP contribution is 2.24. The standard InChI is InChI=1S/C18H23ClN4O2/c1-11(2)16-15(17(24)21-12(3)18(25)22(4)5)10-20-23(16)14-8-6-13(19)7-9-14/h6-12H,1-5H3,(H,21,24). The molecule has 2 aromatic rings. The molecule has 0 bridgehead atoms. The van der Waals surface area contributed by atoms with E-state index in [1.54, 1.807) is 37.8 Å². The highest BCUT2D eigenvalue weighted by atomic mass is 35.5. The molecule has 1 aromatic carbocycles. The van der Waals surface area contributed by atoms with Gasteiger partial charge in [-0.25, -0.2) is 4.68 Å². The van der Waals surface area contributed by atoms with Gasteiger partial charge >= 0.3 is 0 Å². The SMILES string of the molecule is CC(NC(=O)c1cnn(-c2ccc(Cl)cc2)c1C(C)C)C(=O)N(C)C. The van der Waals surface area contributed by atoms with E-state index in [9.17, 15) is 9.59 Å². The van der Waals surface area contributed by atoms with Gasteiger partial charge in [-0.3, -0.25) is 9.59 Å². The smallest absolute Gasteiger partial charge is 0.255 e. The van der Waals surface area contributed by atoms with Crippen LogP contribution in [0.4, 0.5) is 0 Å². The molecule has 0 aliphatic heterocycles. The second kappa shape index (κ2) is 7.70. The van der Waals surface area contributed by atoms with E-state index < -0.39 is 6.04 Å². The third kappa shape index (κ3) is 4.20. The van der Waals surface area contributed by atoms with E-state index in [1.807, 2.05) is 26.0 Å². The molecule has 1 N–H and O–H groups in total. The minimum atomic E-state index is -0.610.